The second-order valence-electron chi connectivity index (χ2n) is 10.7. The van der Waals surface area contributed by atoms with Crippen molar-refractivity contribution in [2.45, 2.75) is 56.9 Å². The number of methoxy groups -OCH3 is 1. The number of nitrogens with zero attached hydrogens (tertiary/aromatic N) is 3. The van der Waals surface area contributed by atoms with E-state index < -0.39 is 0 Å². The lowest BCUT2D eigenvalue weighted by Crippen LogP contribution is -2.43. The molecule has 0 radical (unpaired) electrons. The van der Waals surface area contributed by atoms with Gasteiger partial charge in [0.25, 0.3) is 5.56 Å². The van der Waals surface area contributed by atoms with Gasteiger partial charge in [0.05, 0.1) is 24.6 Å². The number of aryl methyl sites for hydroxylation is 1. The van der Waals surface area contributed by atoms with Gasteiger partial charge in [0.2, 0.25) is 5.95 Å². The van der Waals surface area contributed by atoms with Crippen LogP contribution in [0.5, 0.6) is 5.75 Å². The summed E-state index contributed by atoms with van der Waals surface area (Å²) in [7, 11) is 1.65. The summed E-state index contributed by atoms with van der Waals surface area (Å²) >= 11 is 0. The molecule has 2 aliphatic carbocycles. The molecule has 3 aromatic carbocycles. The highest BCUT2D eigenvalue weighted by atomic mass is 16.5. The monoisotopic (exact) mass is 518 g/mol. The number of fused-ring (bicyclic) bond motifs is 4. The van der Waals surface area contributed by atoms with E-state index >= 15 is 0 Å². The van der Waals surface area contributed by atoms with Gasteiger partial charge in [-0.25, -0.2) is 10.4 Å². The Bertz CT molecular complexity index is 1530. The maximum atomic E-state index is 14.5. The lowest BCUT2D eigenvalue weighted by atomic mass is 9.62. The maximum absolute atomic E-state index is 14.5. The van der Waals surface area contributed by atoms with Gasteiger partial charge in [0, 0.05) is 17.5 Å². The first kappa shape index (κ1) is 25.1. The molecule has 0 unspecified atom stereocenters. The van der Waals surface area contributed by atoms with Crippen LogP contribution in [0.25, 0.3) is 11.3 Å². The fraction of sp³-hybridized carbons (Fsp3) is 0.303. The number of aromatic nitrogens is 2. The van der Waals surface area contributed by atoms with Crippen molar-refractivity contribution in [1.82, 2.24) is 9.55 Å². The van der Waals surface area contributed by atoms with E-state index in [0.717, 1.165) is 66.7 Å². The number of hydrogen-bond donors (Lipinski definition) is 1. The Morgan fingerprint density at radius 1 is 0.974 bits per heavy atom. The van der Waals surface area contributed by atoms with Crippen LogP contribution in [0.2, 0.25) is 0 Å². The Morgan fingerprint density at radius 2 is 1.72 bits per heavy atom. The summed E-state index contributed by atoms with van der Waals surface area (Å²) in [4.78, 5) is 19.6. The first-order valence-electron chi connectivity index (χ1n) is 13.9. The third-order valence-corrected chi connectivity index (χ3v) is 8.27. The molecule has 0 saturated heterocycles. The second-order valence-corrected chi connectivity index (χ2v) is 10.7. The molecule has 4 aromatic rings. The summed E-state index contributed by atoms with van der Waals surface area (Å²) in [6.45, 7) is 0.529. The third kappa shape index (κ3) is 4.99. The largest absolute Gasteiger partial charge is 0.497 e. The fourth-order valence-electron chi connectivity index (χ4n) is 6.27. The predicted octanol–water partition coefficient (Wildman–Crippen LogP) is 6.37. The number of benzene rings is 3. The van der Waals surface area contributed by atoms with E-state index in [1.165, 1.54) is 17.5 Å². The topological polar surface area (TPSA) is 68.5 Å². The lowest BCUT2D eigenvalue weighted by molar-refractivity contribution is 0.283. The zero-order chi connectivity index (χ0) is 26.7. The minimum absolute atomic E-state index is 0.0643. The van der Waals surface area contributed by atoms with Gasteiger partial charge < -0.3 is 4.74 Å². The van der Waals surface area contributed by atoms with Crippen LogP contribution in [-0.4, -0.2) is 22.9 Å². The molecular formula is C33H34N4O2. The van der Waals surface area contributed by atoms with Crippen LogP contribution in [0, 0.1) is 0 Å². The van der Waals surface area contributed by atoms with Gasteiger partial charge in [0.15, 0.2) is 0 Å². The Kier molecular flexibility index (Phi) is 7.01. The summed E-state index contributed by atoms with van der Waals surface area (Å²) in [5.74, 6) is 1.27. The first-order valence-corrected chi connectivity index (χ1v) is 13.9. The van der Waals surface area contributed by atoms with Gasteiger partial charge in [-0.05, 0) is 66.6 Å². The molecule has 0 aliphatic heterocycles. The molecule has 1 fully saturated rings. The van der Waals surface area contributed by atoms with Crippen molar-refractivity contribution >= 4 is 12.2 Å². The van der Waals surface area contributed by atoms with Gasteiger partial charge in [-0.15, -0.1) is 0 Å². The molecule has 0 bridgehead atoms. The third-order valence-electron chi connectivity index (χ3n) is 8.27. The maximum Gasteiger partial charge on any atom is 0.259 e. The van der Waals surface area contributed by atoms with Gasteiger partial charge in [-0.2, -0.15) is 5.10 Å². The number of hydrogen-bond acceptors (Lipinski definition) is 5. The van der Waals surface area contributed by atoms with Gasteiger partial charge in [-0.1, -0.05) is 73.9 Å². The molecule has 6 rings (SSSR count). The van der Waals surface area contributed by atoms with Crippen molar-refractivity contribution in [2.75, 3.05) is 12.5 Å². The smallest absolute Gasteiger partial charge is 0.259 e. The molecule has 1 aromatic heterocycles. The zero-order valence-electron chi connectivity index (χ0n) is 22.4. The summed E-state index contributed by atoms with van der Waals surface area (Å²) in [6, 6.07) is 26.4. The highest BCUT2D eigenvalue weighted by Gasteiger charge is 2.43. The van der Waals surface area contributed by atoms with Crippen molar-refractivity contribution in [2.24, 2.45) is 5.10 Å². The van der Waals surface area contributed by atoms with Crippen molar-refractivity contribution in [3.05, 3.63) is 111 Å². The molecule has 198 valence electrons. The minimum atomic E-state index is -0.147. The SMILES string of the molecule is COc1ccc(C=NNc2nc3c(c(=O)n2CCc2ccccc2)C2(CCCCC2)Cc2ccccc2-3)cc1. The van der Waals surface area contributed by atoms with E-state index in [4.69, 9.17) is 9.72 Å². The lowest BCUT2D eigenvalue weighted by Gasteiger charge is -2.42. The molecule has 1 spiro atoms. The van der Waals surface area contributed by atoms with Crippen LogP contribution in [0.4, 0.5) is 5.95 Å². The van der Waals surface area contributed by atoms with Crippen molar-refractivity contribution in [3.8, 4) is 17.0 Å². The molecule has 1 saturated carbocycles. The predicted molar refractivity (Wildman–Crippen MR) is 157 cm³/mol. The number of ether oxygens (including phenoxy) is 1. The highest BCUT2D eigenvalue weighted by Crippen LogP contribution is 2.48. The molecular weight excluding hydrogens is 484 g/mol. The number of rotatable bonds is 7. The van der Waals surface area contributed by atoms with Crippen LogP contribution in [0.3, 0.4) is 0 Å². The van der Waals surface area contributed by atoms with Crippen LogP contribution in [-0.2, 0) is 24.8 Å². The normalized spacial score (nSPS) is 15.6. The minimum Gasteiger partial charge on any atom is -0.497 e. The van der Waals surface area contributed by atoms with Crippen molar-refractivity contribution < 1.29 is 4.74 Å². The Morgan fingerprint density at radius 3 is 2.49 bits per heavy atom. The first-order chi connectivity index (χ1) is 19.2. The zero-order valence-corrected chi connectivity index (χ0v) is 22.4. The second kappa shape index (κ2) is 10.9. The van der Waals surface area contributed by atoms with E-state index in [1.54, 1.807) is 13.3 Å². The van der Waals surface area contributed by atoms with E-state index in [9.17, 15) is 4.79 Å². The fourth-order valence-corrected chi connectivity index (χ4v) is 6.27. The van der Waals surface area contributed by atoms with Crippen LogP contribution in [0.15, 0.2) is 88.8 Å². The summed E-state index contributed by atoms with van der Waals surface area (Å²) < 4.78 is 7.06. The molecule has 1 N–H and O–H groups in total. The number of nitrogens with one attached hydrogen (secondary N) is 1. The van der Waals surface area contributed by atoms with E-state index in [2.05, 4.69) is 40.9 Å². The van der Waals surface area contributed by atoms with E-state index in [-0.39, 0.29) is 11.0 Å². The summed E-state index contributed by atoms with van der Waals surface area (Å²) in [5, 5.41) is 4.49. The molecule has 1 heterocycles. The van der Waals surface area contributed by atoms with Gasteiger partial charge >= 0.3 is 0 Å². The molecule has 0 amide bonds. The van der Waals surface area contributed by atoms with Crippen molar-refractivity contribution in [3.63, 3.8) is 0 Å². The Hall–Kier alpha value is -4.19. The highest BCUT2D eigenvalue weighted by molar-refractivity contribution is 5.80. The average molecular weight is 519 g/mol. The Labute approximate surface area is 229 Å². The number of hydrazone groups is 1. The molecule has 6 heteroatoms. The molecule has 0 atom stereocenters. The van der Waals surface area contributed by atoms with E-state index in [0.29, 0.717) is 12.5 Å². The molecule has 6 nitrogen and oxygen atoms in total. The Balaban J connectivity index is 1.44. The summed E-state index contributed by atoms with van der Waals surface area (Å²) in [6.07, 6.45) is 8.99. The average Bonchev–Trinajstić information content (AvgIpc) is 2.98. The van der Waals surface area contributed by atoms with Crippen LogP contribution >= 0.6 is 0 Å². The van der Waals surface area contributed by atoms with Gasteiger partial charge in [-0.3, -0.25) is 9.36 Å². The van der Waals surface area contributed by atoms with Crippen LogP contribution < -0.4 is 15.7 Å². The molecule has 39 heavy (non-hydrogen) atoms. The summed E-state index contributed by atoms with van der Waals surface area (Å²) in [5.41, 5.74) is 9.23. The molecule has 2 aliphatic rings. The van der Waals surface area contributed by atoms with Crippen LogP contribution in [0.1, 0.15) is 54.4 Å². The quantitative estimate of drug-likeness (QED) is 0.228. The van der Waals surface area contributed by atoms with Gasteiger partial charge in [0.1, 0.15) is 5.75 Å². The van der Waals surface area contributed by atoms with Crippen molar-refractivity contribution in [1.29, 1.82) is 0 Å². The van der Waals surface area contributed by atoms with E-state index in [1.807, 2.05) is 53.1 Å². The standard InChI is InChI=1S/C33H34N4O2/c1-39-27-16-14-25(15-17-27)23-34-36-32-35-30-28-13-7-6-12-26(28)22-33(19-8-3-9-20-33)29(30)31(38)37(32)21-18-24-10-4-2-5-11-24/h2,4-7,10-17,23H,3,8-9,18-22H2,1H3,(H,35,36). The number of anilines is 1.